The molecular formula is C12H19O6P. The number of ether oxygens (including phenoxy) is 3. The molecule has 0 rings (SSSR count). The molecule has 0 aliphatic heterocycles. The van der Waals surface area contributed by atoms with Crippen LogP contribution in [0.25, 0.3) is 0 Å². The van der Waals surface area contributed by atoms with E-state index in [-0.39, 0.29) is 40.0 Å². The molecule has 0 aromatic heterocycles. The van der Waals surface area contributed by atoms with E-state index in [1.807, 2.05) is 0 Å². The normalized spacial score (nSPS) is 10.4. The lowest BCUT2D eigenvalue weighted by molar-refractivity contribution is -0.140. The quantitative estimate of drug-likeness (QED) is 0.234. The van der Waals surface area contributed by atoms with E-state index in [4.69, 9.17) is 14.2 Å². The van der Waals surface area contributed by atoms with Crippen LogP contribution in [-0.4, -0.2) is 50.9 Å². The average molecular weight is 290 g/mol. The number of carbonyl (C=O) groups excluding carboxylic acids is 2. The lowest BCUT2D eigenvalue weighted by Crippen LogP contribution is -2.14. The van der Waals surface area contributed by atoms with E-state index < -0.39 is 5.97 Å². The molecule has 0 N–H and O–H groups in total. The van der Waals surface area contributed by atoms with E-state index >= 15 is 0 Å². The van der Waals surface area contributed by atoms with Gasteiger partial charge >= 0.3 is 5.97 Å². The average Bonchev–Trinajstić information content (AvgIpc) is 2.36. The summed E-state index contributed by atoms with van der Waals surface area (Å²) in [5, 5.41) is 0. The Balaban J connectivity index is 3.23. The van der Waals surface area contributed by atoms with Crippen molar-refractivity contribution in [2.45, 2.75) is 13.3 Å². The molecule has 108 valence electrons. The van der Waals surface area contributed by atoms with Crippen LogP contribution in [0.3, 0.4) is 0 Å². The summed E-state index contributed by atoms with van der Waals surface area (Å²) in [7, 11) is -0.159. The Morgan fingerprint density at radius 2 is 1.63 bits per heavy atom. The Bertz CT molecular complexity index is 315. The molecule has 0 spiro atoms. The summed E-state index contributed by atoms with van der Waals surface area (Å²) < 4.78 is 25.2. The summed E-state index contributed by atoms with van der Waals surface area (Å²) in [4.78, 5) is 21.9. The van der Waals surface area contributed by atoms with Crippen molar-refractivity contribution in [2.24, 2.45) is 0 Å². The molecule has 0 saturated heterocycles. The molecule has 0 heterocycles. The summed E-state index contributed by atoms with van der Waals surface area (Å²) in [6, 6.07) is 0. The molecule has 0 aromatic rings. The van der Waals surface area contributed by atoms with Crippen molar-refractivity contribution in [1.29, 1.82) is 0 Å². The molecule has 6 nitrogen and oxygen atoms in total. The monoisotopic (exact) mass is 290 g/mol. The van der Waals surface area contributed by atoms with Crippen molar-refractivity contribution in [2.75, 3.05) is 39.2 Å². The highest BCUT2D eigenvalue weighted by molar-refractivity contribution is 7.25. The van der Waals surface area contributed by atoms with Crippen molar-refractivity contribution in [3.8, 4) is 0 Å². The first-order valence-corrected chi connectivity index (χ1v) is 6.86. The molecule has 19 heavy (non-hydrogen) atoms. The zero-order valence-electron chi connectivity index (χ0n) is 11.1. The van der Waals surface area contributed by atoms with Crippen molar-refractivity contribution < 1.29 is 28.4 Å². The van der Waals surface area contributed by atoms with E-state index in [1.165, 1.54) is 0 Å². The van der Waals surface area contributed by atoms with Crippen LogP contribution in [0.2, 0.25) is 0 Å². The van der Waals surface area contributed by atoms with Gasteiger partial charge in [-0.25, -0.2) is 4.79 Å². The van der Waals surface area contributed by atoms with Gasteiger partial charge in [0.15, 0.2) is 8.46 Å². The van der Waals surface area contributed by atoms with E-state index in [0.717, 1.165) is 0 Å². The molecule has 0 bridgehead atoms. The minimum Gasteiger partial charge on any atom is -0.460 e. The third-order valence-corrected chi connectivity index (χ3v) is 2.43. The summed E-state index contributed by atoms with van der Waals surface area (Å²) in [6.07, 6.45) is 0.291. The molecule has 0 unspecified atom stereocenters. The molecule has 0 saturated carbocycles. The highest BCUT2D eigenvalue weighted by Crippen LogP contribution is 1.95. The third-order valence-electron chi connectivity index (χ3n) is 1.95. The van der Waals surface area contributed by atoms with Crippen LogP contribution in [0.4, 0.5) is 0 Å². The van der Waals surface area contributed by atoms with Gasteiger partial charge in [-0.3, -0.25) is 9.36 Å². The van der Waals surface area contributed by atoms with Crippen molar-refractivity contribution in [3.05, 3.63) is 12.2 Å². The molecule has 0 aliphatic rings. The van der Waals surface area contributed by atoms with Gasteiger partial charge in [-0.1, -0.05) is 6.58 Å². The molecular weight excluding hydrogens is 271 g/mol. The topological polar surface area (TPSA) is 78.9 Å². The summed E-state index contributed by atoms with van der Waals surface area (Å²) >= 11 is 0. The summed E-state index contributed by atoms with van der Waals surface area (Å²) in [5.41, 5.74) is 0.352. The lowest BCUT2D eigenvalue weighted by Gasteiger charge is -2.06. The number of hydrogen-bond acceptors (Lipinski definition) is 6. The predicted octanol–water partition coefficient (Wildman–Crippen LogP) is 1.39. The highest BCUT2D eigenvalue weighted by Gasteiger charge is 2.02. The van der Waals surface area contributed by atoms with E-state index in [0.29, 0.717) is 25.4 Å². The van der Waals surface area contributed by atoms with Gasteiger partial charge in [-0.15, -0.1) is 0 Å². The summed E-state index contributed by atoms with van der Waals surface area (Å²) in [5.74, 6) is -0.527. The number of esters is 1. The van der Waals surface area contributed by atoms with Crippen LogP contribution in [0.5, 0.6) is 0 Å². The zero-order valence-corrected chi connectivity index (χ0v) is 11.9. The van der Waals surface area contributed by atoms with E-state index in [1.54, 1.807) is 6.92 Å². The van der Waals surface area contributed by atoms with Crippen molar-refractivity contribution in [1.82, 2.24) is 0 Å². The minimum absolute atomic E-state index is 0.0357. The molecule has 0 aromatic carbocycles. The van der Waals surface area contributed by atoms with Gasteiger partial charge in [-0.2, -0.15) is 0 Å². The standard InChI is InChI=1S/C12H19O6P/c1-10(2)12(14)18-8-7-17-6-5-16-4-3-11(13)9-19-15/h1,3-9H2,2H3. The second-order valence-electron chi connectivity index (χ2n) is 3.72. The Hall–Kier alpha value is -1.10. The molecule has 0 radical (unpaired) electrons. The van der Waals surface area contributed by atoms with E-state index in [9.17, 15) is 14.2 Å². The van der Waals surface area contributed by atoms with Crippen molar-refractivity contribution >= 4 is 20.2 Å². The van der Waals surface area contributed by atoms with Gasteiger partial charge in [-0.05, 0) is 6.92 Å². The summed E-state index contributed by atoms with van der Waals surface area (Å²) in [6.45, 7) is 6.50. The number of rotatable bonds is 12. The van der Waals surface area contributed by atoms with Crippen LogP contribution < -0.4 is 0 Å². The predicted molar refractivity (Wildman–Crippen MR) is 69.5 cm³/mol. The van der Waals surface area contributed by atoms with Gasteiger partial charge in [0.2, 0.25) is 0 Å². The van der Waals surface area contributed by atoms with Gasteiger partial charge in [0.25, 0.3) is 0 Å². The molecule has 0 fully saturated rings. The maximum atomic E-state index is 11.0. The maximum Gasteiger partial charge on any atom is 0.333 e. The fraction of sp³-hybridized carbons (Fsp3) is 0.667. The first-order valence-electron chi connectivity index (χ1n) is 5.87. The molecule has 0 amide bonds. The van der Waals surface area contributed by atoms with Crippen LogP contribution in [0.1, 0.15) is 13.3 Å². The second kappa shape index (κ2) is 12.0. The van der Waals surface area contributed by atoms with Gasteiger partial charge in [0.05, 0.1) is 32.6 Å². The fourth-order valence-corrected chi connectivity index (χ4v) is 1.28. The van der Waals surface area contributed by atoms with Gasteiger partial charge in [0, 0.05) is 12.0 Å². The first-order chi connectivity index (χ1) is 9.07. The maximum absolute atomic E-state index is 11.0. The largest absolute Gasteiger partial charge is 0.460 e. The molecule has 0 atom stereocenters. The molecule has 0 aliphatic carbocycles. The van der Waals surface area contributed by atoms with Crippen LogP contribution in [0.15, 0.2) is 12.2 Å². The second-order valence-corrected chi connectivity index (χ2v) is 4.29. The van der Waals surface area contributed by atoms with Crippen LogP contribution >= 0.6 is 8.46 Å². The number of Topliss-reactive ketones (excluding diaryl/α,β-unsaturated/α-hetero) is 1. The Labute approximate surface area is 114 Å². The number of hydrogen-bond donors (Lipinski definition) is 0. The lowest BCUT2D eigenvalue weighted by atomic mass is 10.3. The Morgan fingerprint density at radius 1 is 1.05 bits per heavy atom. The smallest absolute Gasteiger partial charge is 0.333 e. The first kappa shape index (κ1) is 17.9. The minimum atomic E-state index is -0.434. The fourth-order valence-electron chi connectivity index (χ4n) is 0.976. The number of carbonyl (C=O) groups is 2. The third kappa shape index (κ3) is 11.7. The highest BCUT2D eigenvalue weighted by atomic mass is 31.1. The van der Waals surface area contributed by atoms with Crippen molar-refractivity contribution in [3.63, 3.8) is 0 Å². The SMILES string of the molecule is C=C(C)C(=O)OCCOCCOCCC(=O)CP=O. The van der Waals surface area contributed by atoms with Crippen LogP contribution in [0, 0.1) is 0 Å². The molecule has 7 heteroatoms. The Kier molecular flexibility index (Phi) is 11.3. The zero-order chi connectivity index (χ0) is 14.5. The van der Waals surface area contributed by atoms with E-state index in [2.05, 4.69) is 6.58 Å². The van der Waals surface area contributed by atoms with Gasteiger partial charge < -0.3 is 14.2 Å². The Morgan fingerprint density at radius 3 is 2.21 bits per heavy atom. The number of ketones is 1. The van der Waals surface area contributed by atoms with Gasteiger partial charge in [0.1, 0.15) is 12.4 Å². The van der Waals surface area contributed by atoms with Crippen LogP contribution in [-0.2, 0) is 28.4 Å².